The number of benzene rings is 1. The number of fused-ring (bicyclic) bond motifs is 1. The summed E-state index contributed by atoms with van der Waals surface area (Å²) in [4.78, 5) is 22.7. The number of nitrogens with one attached hydrogen (secondary N) is 1. The topological polar surface area (TPSA) is 64.1 Å². The molecule has 0 bridgehead atoms. The maximum absolute atomic E-state index is 12.1. The van der Waals surface area contributed by atoms with Gasteiger partial charge in [-0.3, -0.25) is 0 Å². The summed E-state index contributed by atoms with van der Waals surface area (Å²) >= 11 is 1.37. The molecule has 1 N–H and O–H groups in total. The Hall–Kier alpha value is -2.47. The summed E-state index contributed by atoms with van der Waals surface area (Å²) in [5, 5.41) is 4.57. The molecule has 0 radical (unpaired) electrons. The lowest BCUT2D eigenvalue weighted by molar-refractivity contribution is 0.0605. The predicted octanol–water partition coefficient (Wildman–Crippen LogP) is 4.66. The Morgan fingerprint density at radius 1 is 1.23 bits per heavy atom. The number of thiophene rings is 1. The van der Waals surface area contributed by atoms with E-state index in [9.17, 15) is 4.79 Å². The maximum atomic E-state index is 12.1. The minimum absolute atomic E-state index is 0.217. The highest BCUT2D eigenvalue weighted by molar-refractivity contribution is 7.20. The lowest BCUT2D eigenvalue weighted by Gasteiger charge is -2.20. The van der Waals surface area contributed by atoms with E-state index < -0.39 is 0 Å². The van der Waals surface area contributed by atoms with Crippen LogP contribution in [0.1, 0.15) is 45.5 Å². The van der Waals surface area contributed by atoms with Gasteiger partial charge in [-0.25, -0.2) is 14.8 Å². The van der Waals surface area contributed by atoms with E-state index in [4.69, 9.17) is 4.74 Å². The van der Waals surface area contributed by atoms with Crippen molar-refractivity contribution in [3.63, 3.8) is 0 Å². The van der Waals surface area contributed by atoms with Crippen molar-refractivity contribution in [2.24, 2.45) is 5.92 Å². The number of methoxy groups -OCH3 is 1. The fraction of sp³-hybridized carbons (Fsp3) is 0.350. The summed E-state index contributed by atoms with van der Waals surface area (Å²) in [5.41, 5.74) is 2.14. The molecule has 3 aromatic rings. The average molecular weight is 367 g/mol. The van der Waals surface area contributed by atoms with Crippen LogP contribution in [0.25, 0.3) is 10.2 Å². The first kappa shape index (κ1) is 17.0. The Morgan fingerprint density at radius 2 is 1.96 bits per heavy atom. The molecule has 0 saturated heterocycles. The minimum Gasteiger partial charge on any atom is -0.465 e. The summed E-state index contributed by atoms with van der Waals surface area (Å²) in [6, 6.07) is 10.7. The van der Waals surface area contributed by atoms with E-state index in [1.54, 1.807) is 0 Å². The van der Waals surface area contributed by atoms with Gasteiger partial charge in [0, 0.05) is 0 Å². The Bertz CT molecular complexity index is 964. The van der Waals surface area contributed by atoms with Crippen molar-refractivity contribution in [2.45, 2.75) is 32.7 Å². The molecule has 1 unspecified atom stereocenters. The van der Waals surface area contributed by atoms with E-state index in [0.29, 0.717) is 16.6 Å². The molecule has 6 heteroatoms. The monoisotopic (exact) mass is 367 g/mol. The zero-order valence-corrected chi connectivity index (χ0v) is 15.9. The first-order valence-electron chi connectivity index (χ1n) is 8.76. The van der Waals surface area contributed by atoms with Crippen molar-refractivity contribution < 1.29 is 9.53 Å². The van der Waals surface area contributed by atoms with Gasteiger partial charge in [-0.2, -0.15) is 0 Å². The quantitative estimate of drug-likeness (QED) is 0.665. The molecule has 26 heavy (non-hydrogen) atoms. The van der Waals surface area contributed by atoms with E-state index >= 15 is 0 Å². The third-order valence-electron chi connectivity index (χ3n) is 4.82. The molecule has 1 aromatic carbocycles. The van der Waals surface area contributed by atoms with Gasteiger partial charge in [0.1, 0.15) is 21.3 Å². The highest BCUT2D eigenvalue weighted by Crippen LogP contribution is 2.44. The lowest BCUT2D eigenvalue weighted by Crippen LogP contribution is -2.14. The first-order chi connectivity index (χ1) is 12.6. The van der Waals surface area contributed by atoms with Gasteiger partial charge in [0.05, 0.1) is 18.5 Å². The molecule has 1 atom stereocenters. The van der Waals surface area contributed by atoms with Crippen LogP contribution in [0, 0.1) is 19.8 Å². The summed E-state index contributed by atoms with van der Waals surface area (Å²) in [6.45, 7) is 3.82. The van der Waals surface area contributed by atoms with Gasteiger partial charge in [-0.05, 0) is 43.7 Å². The highest BCUT2D eigenvalue weighted by atomic mass is 32.1. The Balaban J connectivity index is 1.80. The number of rotatable bonds is 5. The average Bonchev–Trinajstić information content (AvgIpc) is 3.43. The molecular weight excluding hydrogens is 346 g/mol. The van der Waals surface area contributed by atoms with E-state index in [-0.39, 0.29) is 12.0 Å². The number of hydrogen-bond acceptors (Lipinski definition) is 6. The van der Waals surface area contributed by atoms with Gasteiger partial charge in [0.2, 0.25) is 0 Å². The van der Waals surface area contributed by atoms with Crippen LogP contribution in [0.15, 0.2) is 30.3 Å². The molecule has 1 aliphatic carbocycles. The first-order valence-corrected chi connectivity index (χ1v) is 9.57. The second kappa shape index (κ2) is 6.68. The third kappa shape index (κ3) is 3.05. The van der Waals surface area contributed by atoms with Crippen LogP contribution in [0.2, 0.25) is 0 Å². The molecule has 5 nitrogen and oxygen atoms in total. The van der Waals surface area contributed by atoms with E-state index in [0.717, 1.165) is 21.6 Å². The van der Waals surface area contributed by atoms with Crippen LogP contribution in [-0.2, 0) is 4.74 Å². The molecular formula is C20H21N3O2S. The van der Waals surface area contributed by atoms with Crippen molar-refractivity contribution in [1.29, 1.82) is 0 Å². The second-order valence-electron chi connectivity index (χ2n) is 6.72. The normalized spacial score (nSPS) is 15.0. The van der Waals surface area contributed by atoms with Crippen LogP contribution >= 0.6 is 11.3 Å². The van der Waals surface area contributed by atoms with Gasteiger partial charge in [-0.1, -0.05) is 30.3 Å². The fourth-order valence-electron chi connectivity index (χ4n) is 3.35. The van der Waals surface area contributed by atoms with E-state index in [1.807, 2.05) is 19.9 Å². The maximum Gasteiger partial charge on any atom is 0.348 e. The van der Waals surface area contributed by atoms with Gasteiger partial charge in [0.25, 0.3) is 0 Å². The number of aryl methyl sites for hydroxylation is 2. The largest absolute Gasteiger partial charge is 0.465 e. The van der Waals surface area contributed by atoms with E-state index in [1.165, 1.54) is 36.9 Å². The second-order valence-corrected chi connectivity index (χ2v) is 7.72. The molecule has 1 fully saturated rings. The Kier molecular flexibility index (Phi) is 4.36. The number of hydrogen-bond donors (Lipinski definition) is 1. The van der Waals surface area contributed by atoms with Gasteiger partial charge < -0.3 is 10.1 Å². The van der Waals surface area contributed by atoms with Crippen molar-refractivity contribution >= 4 is 33.3 Å². The van der Waals surface area contributed by atoms with Gasteiger partial charge >= 0.3 is 5.97 Å². The number of esters is 1. The molecule has 1 saturated carbocycles. The molecule has 2 aromatic heterocycles. The number of ether oxygens (including phenoxy) is 1. The minimum atomic E-state index is -0.323. The van der Waals surface area contributed by atoms with Crippen LogP contribution in [0.4, 0.5) is 5.82 Å². The zero-order valence-electron chi connectivity index (χ0n) is 15.1. The van der Waals surface area contributed by atoms with Crippen LogP contribution in [0.3, 0.4) is 0 Å². The Morgan fingerprint density at radius 3 is 2.62 bits per heavy atom. The van der Waals surface area contributed by atoms with Crippen LogP contribution in [-0.4, -0.2) is 23.0 Å². The summed E-state index contributed by atoms with van der Waals surface area (Å²) in [7, 11) is 1.40. The number of anilines is 1. The van der Waals surface area contributed by atoms with E-state index in [2.05, 4.69) is 39.6 Å². The predicted molar refractivity (Wildman–Crippen MR) is 104 cm³/mol. The fourth-order valence-corrected chi connectivity index (χ4v) is 4.49. The standard InChI is InChI=1S/C20H21N3O2S/c1-11-15-18(21-12(2)22-19(15)26-17(11)20(24)25-3)23-16(14-9-10-14)13-7-5-4-6-8-13/h4-8,14,16H,9-10H2,1-3H3,(H,21,22,23). The highest BCUT2D eigenvalue weighted by Gasteiger charge is 2.33. The van der Waals surface area contributed by atoms with Crippen LogP contribution in [0.5, 0.6) is 0 Å². The summed E-state index contributed by atoms with van der Waals surface area (Å²) in [6.07, 6.45) is 2.44. The van der Waals surface area contributed by atoms with Gasteiger partial charge in [-0.15, -0.1) is 11.3 Å². The molecule has 0 spiro atoms. The van der Waals surface area contributed by atoms with Crippen molar-refractivity contribution in [3.8, 4) is 0 Å². The summed E-state index contributed by atoms with van der Waals surface area (Å²) < 4.78 is 4.92. The van der Waals surface area contributed by atoms with Crippen molar-refractivity contribution in [3.05, 3.63) is 52.2 Å². The Labute approximate surface area is 156 Å². The van der Waals surface area contributed by atoms with Gasteiger partial charge in [0.15, 0.2) is 0 Å². The number of aromatic nitrogens is 2. The SMILES string of the molecule is COC(=O)c1sc2nc(C)nc(NC(c3ccccc3)C3CC3)c2c1C. The summed E-state index contributed by atoms with van der Waals surface area (Å²) in [5.74, 6) is 1.79. The third-order valence-corrected chi connectivity index (χ3v) is 5.98. The molecule has 134 valence electrons. The van der Waals surface area contributed by atoms with Crippen molar-refractivity contribution in [1.82, 2.24) is 9.97 Å². The smallest absolute Gasteiger partial charge is 0.348 e. The van der Waals surface area contributed by atoms with Crippen LogP contribution < -0.4 is 5.32 Å². The number of carbonyl (C=O) groups excluding carboxylic acids is 1. The molecule has 4 rings (SSSR count). The zero-order chi connectivity index (χ0) is 18.3. The molecule has 0 aliphatic heterocycles. The number of carbonyl (C=O) groups is 1. The molecule has 0 amide bonds. The number of nitrogens with zero attached hydrogens (tertiary/aromatic N) is 2. The van der Waals surface area contributed by atoms with Crippen molar-refractivity contribution in [2.75, 3.05) is 12.4 Å². The molecule has 1 aliphatic rings. The lowest BCUT2D eigenvalue weighted by atomic mass is 10.0. The molecule has 2 heterocycles.